The van der Waals surface area contributed by atoms with Crippen LogP contribution >= 0.6 is 0 Å². The van der Waals surface area contributed by atoms with Crippen LogP contribution < -0.4 is 11.5 Å². The molecule has 4 aromatic rings. The van der Waals surface area contributed by atoms with Gasteiger partial charge in [-0.3, -0.25) is 0 Å². The van der Waals surface area contributed by atoms with Crippen LogP contribution in [0.5, 0.6) is 0 Å². The van der Waals surface area contributed by atoms with Crippen molar-refractivity contribution in [2.24, 2.45) is 17.8 Å². The second-order valence-corrected chi connectivity index (χ2v) is 8.27. The van der Waals surface area contributed by atoms with Gasteiger partial charge in [0, 0.05) is 13.2 Å². The summed E-state index contributed by atoms with van der Waals surface area (Å²) in [6.07, 6.45) is -1.15. The van der Waals surface area contributed by atoms with Gasteiger partial charge in [0.2, 0.25) is 0 Å². The molecule has 2 heterocycles. The summed E-state index contributed by atoms with van der Waals surface area (Å²) in [5.74, 6) is 0.812. The SMILES string of the molecule is Cn1nc(N)c2c(-c3ccc(N=C(N)C4(c5ccc(C(F)(F)F)cc5)CC4)cc3)ccnc21. The van der Waals surface area contributed by atoms with Gasteiger partial charge >= 0.3 is 6.18 Å². The molecule has 5 rings (SSSR count). The van der Waals surface area contributed by atoms with Gasteiger partial charge in [0.15, 0.2) is 11.5 Å². The molecule has 0 saturated heterocycles. The number of aliphatic imine (C=N–C) groups is 1. The number of halogens is 3. The lowest BCUT2D eigenvalue weighted by Gasteiger charge is -2.16. The maximum atomic E-state index is 12.9. The third-order valence-electron chi connectivity index (χ3n) is 6.18. The fraction of sp³-hybridized carbons (Fsp3) is 0.208. The lowest BCUT2D eigenvalue weighted by molar-refractivity contribution is -0.137. The Morgan fingerprint density at radius 3 is 2.30 bits per heavy atom. The third kappa shape index (κ3) is 3.59. The minimum Gasteiger partial charge on any atom is -0.386 e. The standard InChI is InChI=1S/C24H21F3N6/c1-33-21-19(20(28)32-33)18(10-13-30-21)14-2-8-17(9-3-14)31-22(29)23(11-12-23)15-4-6-16(7-5-15)24(25,26)27/h2-10,13H,11-12H2,1H3,(H2,28,32)(H2,29,31). The number of benzene rings is 2. The van der Waals surface area contributed by atoms with E-state index in [2.05, 4.69) is 15.1 Å². The number of rotatable bonds is 4. The van der Waals surface area contributed by atoms with Crippen LogP contribution in [0.15, 0.2) is 65.8 Å². The van der Waals surface area contributed by atoms with E-state index in [-0.39, 0.29) is 0 Å². The van der Waals surface area contributed by atoms with Crippen molar-refractivity contribution < 1.29 is 13.2 Å². The topological polar surface area (TPSA) is 95.1 Å². The van der Waals surface area contributed by atoms with Gasteiger partial charge in [-0.25, -0.2) is 14.7 Å². The van der Waals surface area contributed by atoms with Gasteiger partial charge in [0.25, 0.3) is 0 Å². The molecule has 0 atom stereocenters. The molecule has 1 fully saturated rings. The predicted octanol–water partition coefficient (Wildman–Crippen LogP) is 4.96. The van der Waals surface area contributed by atoms with Crippen molar-refractivity contribution in [2.75, 3.05) is 5.73 Å². The Hall–Kier alpha value is -3.88. The Morgan fingerprint density at radius 2 is 1.70 bits per heavy atom. The fourth-order valence-corrected chi connectivity index (χ4v) is 4.21. The van der Waals surface area contributed by atoms with E-state index in [1.165, 1.54) is 12.1 Å². The van der Waals surface area contributed by atoms with Gasteiger partial charge in [-0.2, -0.15) is 18.3 Å². The summed E-state index contributed by atoms with van der Waals surface area (Å²) in [7, 11) is 1.79. The lowest BCUT2D eigenvalue weighted by atomic mass is 9.93. The molecule has 0 unspecified atom stereocenters. The first kappa shape index (κ1) is 21.0. The third-order valence-corrected chi connectivity index (χ3v) is 6.18. The highest BCUT2D eigenvalue weighted by atomic mass is 19.4. The van der Waals surface area contributed by atoms with Gasteiger partial charge in [-0.1, -0.05) is 24.3 Å². The summed E-state index contributed by atoms with van der Waals surface area (Å²) in [6, 6.07) is 14.6. The zero-order valence-corrected chi connectivity index (χ0v) is 17.8. The van der Waals surface area contributed by atoms with E-state index >= 15 is 0 Å². The van der Waals surface area contributed by atoms with Gasteiger partial charge < -0.3 is 11.5 Å². The average Bonchev–Trinajstić information content (AvgIpc) is 3.55. The molecule has 0 amide bonds. The summed E-state index contributed by atoms with van der Waals surface area (Å²) in [6.45, 7) is 0. The number of nitrogen functional groups attached to an aromatic ring is 1. The lowest BCUT2D eigenvalue weighted by Crippen LogP contribution is -2.28. The molecule has 1 saturated carbocycles. The van der Waals surface area contributed by atoms with Crippen molar-refractivity contribution in [3.05, 3.63) is 71.9 Å². The van der Waals surface area contributed by atoms with Gasteiger partial charge in [0.1, 0.15) is 5.84 Å². The van der Waals surface area contributed by atoms with Crippen molar-refractivity contribution in [1.29, 1.82) is 0 Å². The number of aromatic nitrogens is 3. The van der Waals surface area contributed by atoms with Crippen LogP contribution in [-0.4, -0.2) is 20.6 Å². The molecule has 2 aromatic heterocycles. The molecular weight excluding hydrogens is 429 g/mol. The summed E-state index contributed by atoms with van der Waals surface area (Å²) >= 11 is 0. The van der Waals surface area contributed by atoms with E-state index in [0.717, 1.165) is 47.1 Å². The largest absolute Gasteiger partial charge is 0.416 e. The Morgan fingerprint density at radius 1 is 1.03 bits per heavy atom. The van der Waals surface area contributed by atoms with Crippen molar-refractivity contribution in [3.63, 3.8) is 0 Å². The molecule has 0 bridgehead atoms. The van der Waals surface area contributed by atoms with Crippen molar-refractivity contribution in [1.82, 2.24) is 14.8 Å². The Labute approximate surface area is 187 Å². The number of anilines is 1. The molecule has 1 aliphatic carbocycles. The number of amidine groups is 1. The predicted molar refractivity (Wildman–Crippen MR) is 122 cm³/mol. The molecule has 168 valence electrons. The molecule has 2 aromatic carbocycles. The number of nitrogens with zero attached hydrogens (tertiary/aromatic N) is 4. The summed E-state index contributed by atoms with van der Waals surface area (Å²) in [4.78, 5) is 8.92. The normalized spacial score (nSPS) is 15.7. The second kappa shape index (κ2) is 7.33. The Balaban J connectivity index is 1.43. The highest BCUT2D eigenvalue weighted by Crippen LogP contribution is 2.49. The highest BCUT2D eigenvalue weighted by molar-refractivity contribution is 6.00. The second-order valence-electron chi connectivity index (χ2n) is 8.27. The number of nitrogens with two attached hydrogens (primary N) is 2. The quantitative estimate of drug-likeness (QED) is 0.339. The minimum absolute atomic E-state index is 0.401. The van der Waals surface area contributed by atoms with Crippen molar-refractivity contribution in [3.8, 4) is 11.1 Å². The van der Waals surface area contributed by atoms with Crippen LogP contribution in [0.1, 0.15) is 24.0 Å². The monoisotopic (exact) mass is 450 g/mol. The average molecular weight is 450 g/mol. The smallest absolute Gasteiger partial charge is 0.386 e. The van der Waals surface area contributed by atoms with E-state index in [0.29, 0.717) is 23.0 Å². The molecule has 33 heavy (non-hydrogen) atoms. The van der Waals surface area contributed by atoms with E-state index < -0.39 is 17.2 Å². The van der Waals surface area contributed by atoms with E-state index in [1.54, 1.807) is 17.9 Å². The highest BCUT2D eigenvalue weighted by Gasteiger charge is 2.48. The molecule has 1 aliphatic rings. The number of alkyl halides is 3. The zero-order chi connectivity index (χ0) is 23.4. The number of hydrogen-bond donors (Lipinski definition) is 2. The van der Waals surface area contributed by atoms with E-state index in [1.807, 2.05) is 30.3 Å². The minimum atomic E-state index is -4.36. The van der Waals surface area contributed by atoms with Gasteiger partial charge in [-0.05, 0) is 59.9 Å². The van der Waals surface area contributed by atoms with Crippen molar-refractivity contribution >= 4 is 28.4 Å². The maximum Gasteiger partial charge on any atom is 0.416 e. The van der Waals surface area contributed by atoms with Crippen LogP contribution in [0, 0.1) is 0 Å². The Kier molecular flexibility index (Phi) is 4.66. The molecule has 6 nitrogen and oxygen atoms in total. The Bertz CT molecular complexity index is 1360. The van der Waals surface area contributed by atoms with Crippen molar-refractivity contribution in [2.45, 2.75) is 24.4 Å². The molecular formula is C24H21F3N6. The molecule has 4 N–H and O–H groups in total. The first-order chi connectivity index (χ1) is 15.7. The first-order valence-corrected chi connectivity index (χ1v) is 10.4. The van der Waals surface area contributed by atoms with Crippen LogP contribution in [-0.2, 0) is 18.6 Å². The number of pyridine rings is 1. The van der Waals surface area contributed by atoms with Crippen LogP contribution in [0.4, 0.5) is 24.7 Å². The van der Waals surface area contributed by atoms with Gasteiger partial charge in [0.05, 0.1) is 22.1 Å². The van der Waals surface area contributed by atoms with Crippen LogP contribution in [0.25, 0.3) is 22.2 Å². The number of hydrogen-bond acceptors (Lipinski definition) is 4. The first-order valence-electron chi connectivity index (χ1n) is 10.4. The molecule has 0 aliphatic heterocycles. The zero-order valence-electron chi connectivity index (χ0n) is 17.8. The van der Waals surface area contributed by atoms with Crippen LogP contribution in [0.3, 0.4) is 0 Å². The van der Waals surface area contributed by atoms with E-state index in [9.17, 15) is 13.2 Å². The maximum absolute atomic E-state index is 12.9. The van der Waals surface area contributed by atoms with E-state index in [4.69, 9.17) is 11.5 Å². The number of aryl methyl sites for hydroxylation is 1. The van der Waals surface area contributed by atoms with Crippen LogP contribution in [0.2, 0.25) is 0 Å². The molecule has 9 heteroatoms. The van der Waals surface area contributed by atoms with Gasteiger partial charge in [-0.15, -0.1) is 0 Å². The summed E-state index contributed by atoms with van der Waals surface area (Å²) < 4.78 is 40.3. The number of fused-ring (bicyclic) bond motifs is 1. The summed E-state index contributed by atoms with van der Waals surface area (Å²) in [5, 5.41) is 5.03. The molecule has 0 radical (unpaired) electrons. The molecule has 0 spiro atoms. The fourth-order valence-electron chi connectivity index (χ4n) is 4.21. The summed E-state index contributed by atoms with van der Waals surface area (Å²) in [5.41, 5.74) is 15.2.